The van der Waals surface area contributed by atoms with Crippen LogP contribution in [0.15, 0.2) is 18.2 Å². The SMILES string of the molecule is C[C@@H]1CCCCN1CCCOc1ccc2c(c1)CCN(C(=O)OC(C)(C)C)C2. The van der Waals surface area contributed by atoms with Crippen molar-refractivity contribution in [2.24, 2.45) is 0 Å². The van der Waals surface area contributed by atoms with Gasteiger partial charge in [-0.1, -0.05) is 12.5 Å². The first-order valence-corrected chi connectivity index (χ1v) is 10.8. The molecule has 28 heavy (non-hydrogen) atoms. The maximum absolute atomic E-state index is 12.3. The van der Waals surface area contributed by atoms with Crippen molar-refractivity contribution in [3.63, 3.8) is 0 Å². The maximum atomic E-state index is 12.3. The summed E-state index contributed by atoms with van der Waals surface area (Å²) in [6.45, 7) is 12.5. The van der Waals surface area contributed by atoms with Gasteiger partial charge in [-0.05, 0) is 83.2 Å². The van der Waals surface area contributed by atoms with Crippen LogP contribution in [-0.2, 0) is 17.7 Å². The third kappa shape index (κ3) is 5.87. The summed E-state index contributed by atoms with van der Waals surface area (Å²) in [4.78, 5) is 16.7. The van der Waals surface area contributed by atoms with Gasteiger partial charge in [0, 0.05) is 25.7 Å². The van der Waals surface area contributed by atoms with Crippen LogP contribution in [0.2, 0.25) is 0 Å². The number of carbonyl (C=O) groups excluding carboxylic acids is 1. The maximum Gasteiger partial charge on any atom is 0.410 e. The van der Waals surface area contributed by atoms with E-state index in [1.807, 2.05) is 26.8 Å². The van der Waals surface area contributed by atoms with Gasteiger partial charge in [0.1, 0.15) is 11.4 Å². The standard InChI is InChI=1S/C23H36N2O3/c1-18-8-5-6-12-24(18)13-7-15-27-21-10-9-20-17-25(14-11-19(20)16-21)22(26)28-23(2,3)4/h9-10,16,18H,5-8,11-15,17H2,1-4H3/t18-/m1/s1. The van der Waals surface area contributed by atoms with Crippen molar-refractivity contribution in [3.8, 4) is 5.75 Å². The molecule has 0 N–H and O–H groups in total. The zero-order valence-electron chi connectivity index (χ0n) is 18.0. The van der Waals surface area contributed by atoms with Gasteiger partial charge in [-0.2, -0.15) is 0 Å². The highest BCUT2D eigenvalue weighted by atomic mass is 16.6. The Hall–Kier alpha value is -1.75. The molecule has 1 saturated heterocycles. The van der Waals surface area contributed by atoms with E-state index in [-0.39, 0.29) is 6.09 Å². The molecule has 2 aliphatic rings. The largest absolute Gasteiger partial charge is 0.494 e. The molecule has 0 bridgehead atoms. The number of rotatable bonds is 5. The lowest BCUT2D eigenvalue weighted by atomic mass is 10.00. The summed E-state index contributed by atoms with van der Waals surface area (Å²) in [7, 11) is 0. The molecule has 1 fully saturated rings. The molecule has 0 unspecified atom stereocenters. The average molecular weight is 389 g/mol. The topological polar surface area (TPSA) is 42.0 Å². The minimum atomic E-state index is -0.457. The second-order valence-electron chi connectivity index (χ2n) is 9.17. The van der Waals surface area contributed by atoms with E-state index in [9.17, 15) is 4.79 Å². The second kappa shape index (κ2) is 9.17. The normalized spacial score (nSPS) is 20.6. The highest BCUT2D eigenvalue weighted by Crippen LogP contribution is 2.25. The molecule has 3 rings (SSSR count). The van der Waals surface area contributed by atoms with E-state index in [1.165, 1.54) is 36.9 Å². The Labute approximate surface area is 170 Å². The zero-order chi connectivity index (χ0) is 20.1. The second-order valence-corrected chi connectivity index (χ2v) is 9.17. The summed E-state index contributed by atoms with van der Waals surface area (Å²) in [6.07, 6.45) is 5.70. The molecular formula is C23H36N2O3. The number of likely N-dealkylation sites (tertiary alicyclic amines) is 1. The summed E-state index contributed by atoms with van der Waals surface area (Å²) in [5, 5.41) is 0. The number of amides is 1. The van der Waals surface area contributed by atoms with Crippen LogP contribution in [0.5, 0.6) is 5.75 Å². The molecule has 0 aliphatic carbocycles. The lowest BCUT2D eigenvalue weighted by Gasteiger charge is -2.33. The monoisotopic (exact) mass is 388 g/mol. The number of hydrogen-bond acceptors (Lipinski definition) is 4. The Morgan fingerprint density at radius 3 is 2.75 bits per heavy atom. The predicted molar refractivity (Wildman–Crippen MR) is 112 cm³/mol. The van der Waals surface area contributed by atoms with E-state index in [2.05, 4.69) is 24.0 Å². The van der Waals surface area contributed by atoms with Crippen molar-refractivity contribution >= 4 is 6.09 Å². The fourth-order valence-electron chi connectivity index (χ4n) is 4.05. The highest BCUT2D eigenvalue weighted by molar-refractivity contribution is 5.68. The predicted octanol–water partition coefficient (Wildman–Crippen LogP) is 4.62. The van der Waals surface area contributed by atoms with E-state index in [4.69, 9.17) is 9.47 Å². The first-order valence-electron chi connectivity index (χ1n) is 10.8. The molecule has 5 heteroatoms. The Balaban J connectivity index is 1.46. The molecule has 2 aliphatic heterocycles. The molecule has 5 nitrogen and oxygen atoms in total. The minimum absolute atomic E-state index is 0.231. The van der Waals surface area contributed by atoms with Gasteiger partial charge in [-0.3, -0.25) is 0 Å². The fourth-order valence-corrected chi connectivity index (χ4v) is 4.05. The number of ether oxygens (including phenoxy) is 2. The first kappa shape index (κ1) is 21.0. The lowest BCUT2D eigenvalue weighted by Crippen LogP contribution is -2.39. The van der Waals surface area contributed by atoms with Crippen LogP contribution in [0.3, 0.4) is 0 Å². The van der Waals surface area contributed by atoms with Crippen LogP contribution in [0.1, 0.15) is 64.5 Å². The molecule has 0 saturated carbocycles. The van der Waals surface area contributed by atoms with E-state index < -0.39 is 5.60 Å². The Morgan fingerprint density at radius 2 is 2.00 bits per heavy atom. The van der Waals surface area contributed by atoms with Gasteiger partial charge >= 0.3 is 6.09 Å². The summed E-state index contributed by atoms with van der Waals surface area (Å²) >= 11 is 0. The van der Waals surface area contributed by atoms with Crippen molar-refractivity contribution in [2.75, 3.05) is 26.2 Å². The molecule has 0 radical (unpaired) electrons. The van der Waals surface area contributed by atoms with Crippen LogP contribution in [0.25, 0.3) is 0 Å². The number of benzene rings is 1. The van der Waals surface area contributed by atoms with E-state index >= 15 is 0 Å². The third-order valence-corrected chi connectivity index (χ3v) is 5.64. The summed E-state index contributed by atoms with van der Waals surface area (Å²) in [5.41, 5.74) is 2.01. The molecular weight excluding hydrogens is 352 g/mol. The lowest BCUT2D eigenvalue weighted by molar-refractivity contribution is 0.0224. The molecule has 0 aromatic heterocycles. The summed E-state index contributed by atoms with van der Waals surface area (Å²) < 4.78 is 11.5. The van der Waals surface area contributed by atoms with Crippen molar-refractivity contribution in [1.82, 2.24) is 9.80 Å². The number of hydrogen-bond donors (Lipinski definition) is 0. The van der Waals surface area contributed by atoms with Gasteiger partial charge in [0.2, 0.25) is 0 Å². The minimum Gasteiger partial charge on any atom is -0.494 e. The van der Waals surface area contributed by atoms with Crippen LogP contribution in [-0.4, -0.2) is 53.8 Å². The smallest absolute Gasteiger partial charge is 0.410 e. The molecule has 1 atom stereocenters. The van der Waals surface area contributed by atoms with Gasteiger partial charge in [-0.15, -0.1) is 0 Å². The first-order chi connectivity index (χ1) is 13.3. The van der Waals surface area contributed by atoms with Crippen molar-refractivity contribution in [1.29, 1.82) is 0 Å². The quantitative estimate of drug-likeness (QED) is 0.690. The molecule has 1 aromatic rings. The van der Waals surface area contributed by atoms with Gasteiger partial charge in [0.05, 0.1) is 6.61 Å². The van der Waals surface area contributed by atoms with E-state index in [0.717, 1.165) is 31.7 Å². The molecule has 156 valence electrons. The summed E-state index contributed by atoms with van der Waals surface area (Å²) in [5.74, 6) is 0.941. The average Bonchev–Trinajstić information content (AvgIpc) is 2.64. The Kier molecular flexibility index (Phi) is 6.86. The molecule has 2 heterocycles. The molecule has 1 aromatic carbocycles. The van der Waals surface area contributed by atoms with Gasteiger partial charge in [-0.25, -0.2) is 4.79 Å². The van der Waals surface area contributed by atoms with E-state index in [1.54, 1.807) is 4.90 Å². The van der Waals surface area contributed by atoms with Gasteiger partial charge in [0.15, 0.2) is 0 Å². The molecule has 0 spiro atoms. The van der Waals surface area contributed by atoms with Crippen molar-refractivity contribution in [3.05, 3.63) is 29.3 Å². The third-order valence-electron chi connectivity index (χ3n) is 5.64. The van der Waals surface area contributed by atoms with Crippen molar-refractivity contribution < 1.29 is 14.3 Å². The van der Waals surface area contributed by atoms with Crippen LogP contribution >= 0.6 is 0 Å². The summed E-state index contributed by atoms with van der Waals surface area (Å²) in [6, 6.07) is 6.98. The van der Waals surface area contributed by atoms with Crippen molar-refractivity contribution in [2.45, 2.75) is 78.0 Å². The Morgan fingerprint density at radius 1 is 1.18 bits per heavy atom. The van der Waals surface area contributed by atoms with Gasteiger partial charge < -0.3 is 19.3 Å². The van der Waals surface area contributed by atoms with Crippen LogP contribution in [0, 0.1) is 0 Å². The van der Waals surface area contributed by atoms with Crippen LogP contribution < -0.4 is 4.74 Å². The number of nitrogens with zero attached hydrogens (tertiary/aromatic N) is 2. The molecule has 1 amide bonds. The zero-order valence-corrected chi connectivity index (χ0v) is 18.0. The van der Waals surface area contributed by atoms with Crippen LogP contribution in [0.4, 0.5) is 4.79 Å². The Bertz CT molecular complexity index is 668. The fraction of sp³-hybridized carbons (Fsp3) is 0.696. The number of fused-ring (bicyclic) bond motifs is 1. The van der Waals surface area contributed by atoms with E-state index in [0.29, 0.717) is 19.1 Å². The number of piperidine rings is 1. The number of carbonyl (C=O) groups is 1. The van der Waals surface area contributed by atoms with Gasteiger partial charge in [0.25, 0.3) is 0 Å². The highest BCUT2D eigenvalue weighted by Gasteiger charge is 2.26.